The fourth-order valence-corrected chi connectivity index (χ4v) is 6.56. The minimum Gasteiger partial charge on any atom is -0.459 e. The maximum atomic E-state index is 13.8. The van der Waals surface area contributed by atoms with Gasteiger partial charge in [-0.15, -0.1) is 0 Å². The number of ether oxygens (including phenoxy) is 4. The summed E-state index contributed by atoms with van der Waals surface area (Å²) >= 11 is 0. The average molecular weight is 669 g/mol. The molecule has 0 aliphatic carbocycles. The van der Waals surface area contributed by atoms with Crippen molar-refractivity contribution < 1.29 is 33.3 Å². The van der Waals surface area contributed by atoms with Gasteiger partial charge in [0, 0.05) is 24.5 Å². The molecule has 50 heavy (non-hydrogen) atoms. The number of carbonyl (C=O) groups is 3. The van der Waals surface area contributed by atoms with Gasteiger partial charge < -0.3 is 28.7 Å². The number of nitrogens with zero attached hydrogens (tertiary/aromatic N) is 2. The van der Waals surface area contributed by atoms with Gasteiger partial charge in [0.2, 0.25) is 0 Å². The Morgan fingerprint density at radius 3 is 1.34 bits per heavy atom. The summed E-state index contributed by atoms with van der Waals surface area (Å²) in [6, 6.07) is 45.7. The molecule has 4 unspecified atom stereocenters. The monoisotopic (exact) mass is 668 g/mol. The van der Waals surface area contributed by atoms with E-state index < -0.39 is 48.5 Å². The van der Waals surface area contributed by atoms with E-state index in [2.05, 4.69) is 9.80 Å². The van der Waals surface area contributed by atoms with Crippen LogP contribution >= 0.6 is 0 Å². The number of rotatable bonds is 10. The molecule has 0 saturated carbocycles. The lowest BCUT2D eigenvalue weighted by Gasteiger charge is -2.38. The summed E-state index contributed by atoms with van der Waals surface area (Å²) < 4.78 is 25.1. The summed E-state index contributed by atoms with van der Waals surface area (Å²) in [4.78, 5) is 45.0. The van der Waals surface area contributed by atoms with Crippen LogP contribution in [0, 0.1) is 0 Å². The lowest BCUT2D eigenvalue weighted by Crippen LogP contribution is -2.54. The predicted octanol–water partition coefficient (Wildman–Crippen LogP) is 6.41. The molecular weight excluding hydrogens is 632 g/mol. The van der Waals surface area contributed by atoms with Gasteiger partial charge in [-0.25, -0.2) is 14.4 Å². The molecule has 9 heteroatoms. The van der Waals surface area contributed by atoms with Crippen molar-refractivity contribution in [3.8, 4) is 0 Å². The van der Waals surface area contributed by atoms with Crippen LogP contribution in [0.4, 0.5) is 11.4 Å². The first-order valence-corrected chi connectivity index (χ1v) is 16.6. The number of esters is 3. The number of hydrogen-bond acceptors (Lipinski definition) is 9. The first-order chi connectivity index (χ1) is 24.6. The quantitative estimate of drug-likeness (QED) is 0.124. The fourth-order valence-electron chi connectivity index (χ4n) is 6.56. The van der Waals surface area contributed by atoms with E-state index in [4.69, 9.17) is 18.9 Å². The van der Waals surface area contributed by atoms with Crippen molar-refractivity contribution in [2.45, 2.75) is 30.6 Å². The molecule has 4 atom stereocenters. The molecule has 5 aromatic carbocycles. The van der Waals surface area contributed by atoms with Crippen molar-refractivity contribution in [3.63, 3.8) is 0 Å². The Kier molecular flexibility index (Phi) is 9.84. The molecule has 0 amide bonds. The van der Waals surface area contributed by atoms with Crippen molar-refractivity contribution >= 4 is 29.3 Å². The number of carbonyl (C=O) groups excluding carboxylic acids is 3. The Hall–Kier alpha value is -5.93. The van der Waals surface area contributed by atoms with E-state index in [1.807, 2.05) is 72.8 Å². The molecule has 0 aromatic heterocycles. The number of benzene rings is 5. The van der Waals surface area contributed by atoms with Gasteiger partial charge in [0.25, 0.3) is 0 Å². The summed E-state index contributed by atoms with van der Waals surface area (Å²) in [7, 11) is 0. The van der Waals surface area contributed by atoms with Crippen LogP contribution in [0.1, 0.15) is 31.1 Å². The number of anilines is 2. The highest BCUT2D eigenvalue weighted by Gasteiger charge is 2.56. The van der Waals surface area contributed by atoms with E-state index in [0.717, 1.165) is 11.4 Å². The minimum atomic E-state index is -1.13. The Morgan fingerprint density at radius 1 is 0.520 bits per heavy atom. The Labute approximate surface area is 290 Å². The van der Waals surface area contributed by atoms with E-state index in [1.165, 1.54) is 0 Å². The third-order valence-electron chi connectivity index (χ3n) is 8.93. The molecule has 7 rings (SSSR count). The van der Waals surface area contributed by atoms with Crippen LogP contribution in [0.2, 0.25) is 0 Å². The molecule has 252 valence electrons. The van der Waals surface area contributed by atoms with Crippen molar-refractivity contribution in [2.75, 3.05) is 29.5 Å². The lowest BCUT2D eigenvalue weighted by atomic mass is 10.0. The zero-order valence-electron chi connectivity index (χ0n) is 27.2. The Bertz CT molecular complexity index is 1830. The van der Waals surface area contributed by atoms with Gasteiger partial charge in [-0.1, -0.05) is 91.0 Å². The zero-order chi connectivity index (χ0) is 34.3. The molecular formula is C41H36N2O7. The molecule has 0 bridgehead atoms. The van der Waals surface area contributed by atoms with E-state index in [0.29, 0.717) is 29.8 Å². The standard InChI is InChI=1S/C41H36N2O7/c44-39(29-16-6-1-7-17-29)47-28-34-35(49-40(45)30-18-8-2-9-19-30)36(50-41(46)31-20-10-3-11-21-31)37(48-34)38-42(32-22-12-4-13-23-32)26-27-43(38)33-24-14-5-15-25-33/h1-25,34-38H,26-28H2. The van der Waals surface area contributed by atoms with Crippen LogP contribution in [0.15, 0.2) is 152 Å². The first-order valence-electron chi connectivity index (χ1n) is 16.6. The largest absolute Gasteiger partial charge is 0.459 e. The predicted molar refractivity (Wildman–Crippen MR) is 188 cm³/mol. The highest BCUT2D eigenvalue weighted by molar-refractivity contribution is 5.91. The van der Waals surface area contributed by atoms with Crippen LogP contribution in [0.5, 0.6) is 0 Å². The molecule has 2 aliphatic rings. The van der Waals surface area contributed by atoms with Crippen LogP contribution in [-0.4, -0.2) is 68.2 Å². The molecule has 2 saturated heterocycles. The first kappa shape index (κ1) is 32.6. The van der Waals surface area contributed by atoms with E-state index in [-0.39, 0.29) is 6.61 Å². The smallest absolute Gasteiger partial charge is 0.338 e. The van der Waals surface area contributed by atoms with Crippen molar-refractivity contribution in [1.82, 2.24) is 0 Å². The topological polar surface area (TPSA) is 94.6 Å². The highest BCUT2D eigenvalue weighted by Crippen LogP contribution is 2.38. The summed E-state index contributed by atoms with van der Waals surface area (Å²) in [6.07, 6.45) is -4.53. The summed E-state index contributed by atoms with van der Waals surface area (Å²) in [5, 5.41) is 0. The normalized spacial score (nSPS) is 20.3. The second kappa shape index (κ2) is 15.1. The van der Waals surface area contributed by atoms with Crippen LogP contribution in [0.25, 0.3) is 0 Å². The van der Waals surface area contributed by atoms with Crippen molar-refractivity contribution in [2.24, 2.45) is 0 Å². The summed E-state index contributed by atoms with van der Waals surface area (Å²) in [5.74, 6) is -1.77. The van der Waals surface area contributed by atoms with Gasteiger partial charge >= 0.3 is 17.9 Å². The van der Waals surface area contributed by atoms with Crippen molar-refractivity contribution in [3.05, 3.63) is 168 Å². The number of para-hydroxylation sites is 2. The van der Waals surface area contributed by atoms with Gasteiger partial charge in [0.15, 0.2) is 12.2 Å². The van der Waals surface area contributed by atoms with E-state index in [1.54, 1.807) is 78.9 Å². The second-order valence-electron chi connectivity index (χ2n) is 12.0. The molecule has 5 aromatic rings. The van der Waals surface area contributed by atoms with Crippen molar-refractivity contribution in [1.29, 1.82) is 0 Å². The average Bonchev–Trinajstić information content (AvgIpc) is 3.77. The highest BCUT2D eigenvalue weighted by atomic mass is 16.7. The molecule has 9 nitrogen and oxygen atoms in total. The van der Waals surface area contributed by atoms with Gasteiger partial charge in [0.1, 0.15) is 25.0 Å². The molecule has 0 spiro atoms. The summed E-state index contributed by atoms with van der Waals surface area (Å²) in [5.41, 5.74) is 2.92. The summed E-state index contributed by atoms with van der Waals surface area (Å²) in [6.45, 7) is 1.04. The second-order valence-corrected chi connectivity index (χ2v) is 12.0. The van der Waals surface area contributed by atoms with E-state index >= 15 is 0 Å². The van der Waals surface area contributed by atoms with Gasteiger partial charge in [-0.3, -0.25) is 0 Å². The zero-order valence-corrected chi connectivity index (χ0v) is 27.2. The van der Waals surface area contributed by atoms with Crippen LogP contribution < -0.4 is 9.80 Å². The van der Waals surface area contributed by atoms with E-state index in [9.17, 15) is 14.4 Å². The Morgan fingerprint density at radius 2 is 0.900 bits per heavy atom. The molecule has 2 heterocycles. The number of hydrogen-bond donors (Lipinski definition) is 0. The molecule has 0 N–H and O–H groups in total. The van der Waals surface area contributed by atoms with Crippen LogP contribution in [0.3, 0.4) is 0 Å². The molecule has 2 aliphatic heterocycles. The molecule has 0 radical (unpaired) electrons. The van der Waals surface area contributed by atoms with Gasteiger partial charge in [-0.2, -0.15) is 0 Å². The van der Waals surface area contributed by atoms with Gasteiger partial charge in [0.05, 0.1) is 16.7 Å². The minimum absolute atomic E-state index is 0.250. The maximum absolute atomic E-state index is 13.8. The fraction of sp³-hybridized carbons (Fsp3) is 0.195. The van der Waals surface area contributed by atoms with Crippen LogP contribution in [-0.2, 0) is 18.9 Å². The lowest BCUT2D eigenvalue weighted by molar-refractivity contribution is -0.0461. The molecule has 2 fully saturated rings. The third kappa shape index (κ3) is 7.09. The van der Waals surface area contributed by atoms with Gasteiger partial charge in [-0.05, 0) is 60.7 Å². The SMILES string of the molecule is O=C(OCC1OC(C2N(c3ccccc3)CCN2c2ccccc2)C(OC(=O)c2ccccc2)C1OC(=O)c1ccccc1)c1ccccc1. The third-order valence-corrected chi connectivity index (χ3v) is 8.93. The maximum Gasteiger partial charge on any atom is 0.338 e. The Balaban J connectivity index is 1.29.